The van der Waals surface area contributed by atoms with E-state index in [0.29, 0.717) is 0 Å². The highest BCUT2D eigenvalue weighted by atomic mass is 28.3. The molecule has 0 unspecified atom stereocenters. The lowest BCUT2D eigenvalue weighted by atomic mass is 10.2. The van der Waals surface area contributed by atoms with Crippen molar-refractivity contribution in [1.82, 2.24) is 4.57 Å². The summed E-state index contributed by atoms with van der Waals surface area (Å²) in [6.07, 6.45) is 6.37. The van der Waals surface area contributed by atoms with E-state index in [0.717, 1.165) is 0 Å². The fourth-order valence-electron chi connectivity index (χ4n) is 1.38. The molecule has 0 aromatic rings. The van der Waals surface area contributed by atoms with Gasteiger partial charge in [-0.25, -0.2) is 4.79 Å². The predicted molar refractivity (Wildman–Crippen MR) is 85.2 cm³/mol. The van der Waals surface area contributed by atoms with Crippen molar-refractivity contribution >= 4 is 20.1 Å². The summed E-state index contributed by atoms with van der Waals surface area (Å²) in [6.45, 7) is 13.4. The summed E-state index contributed by atoms with van der Waals surface area (Å²) in [7, 11) is -1.97. The van der Waals surface area contributed by atoms with Crippen LogP contribution in [0.5, 0.6) is 0 Å². The van der Waals surface area contributed by atoms with Gasteiger partial charge in [-0.05, 0) is 33.8 Å². The monoisotopic (exact) mass is 297 g/mol. The largest absolute Gasteiger partial charge is 0.444 e. The number of hydrogen-bond acceptors (Lipinski definition) is 3. The molecular weight excluding hydrogens is 270 g/mol. The third-order valence-electron chi connectivity index (χ3n) is 2.32. The molecule has 114 valence electrons. The van der Waals surface area contributed by atoms with Gasteiger partial charge in [0.1, 0.15) is 5.60 Å². The summed E-state index contributed by atoms with van der Waals surface area (Å²) in [5, 5.41) is 0. The minimum absolute atomic E-state index is 0.0681. The summed E-state index contributed by atoms with van der Waals surface area (Å²) in [4.78, 5) is 24.1. The van der Waals surface area contributed by atoms with Crippen LogP contribution in [0.15, 0.2) is 24.3 Å². The number of carbonyl (C=O) groups excluding carboxylic acids is 2. The zero-order valence-electron chi connectivity index (χ0n) is 13.7. The van der Waals surface area contributed by atoms with Crippen LogP contribution in [0.4, 0.5) is 4.79 Å². The first-order valence-electron chi connectivity index (χ1n) is 6.80. The van der Waals surface area contributed by atoms with Crippen LogP contribution in [0.2, 0.25) is 19.6 Å². The average molecular weight is 297 g/mol. The summed E-state index contributed by atoms with van der Waals surface area (Å²) < 4.78 is 6.97. The number of ether oxygens (including phenoxy) is 1. The number of allylic oxidation sites excluding steroid dienone is 3. The van der Waals surface area contributed by atoms with Crippen molar-refractivity contribution in [2.45, 2.75) is 52.9 Å². The summed E-state index contributed by atoms with van der Waals surface area (Å²) in [5.41, 5.74) is -0.557. The smallest absolute Gasteiger partial charge is 0.402 e. The van der Waals surface area contributed by atoms with E-state index in [1.54, 1.807) is 16.7 Å². The number of carbonyl (C=O) groups is 2. The zero-order valence-corrected chi connectivity index (χ0v) is 14.7. The molecule has 4 nitrogen and oxygen atoms in total. The molecule has 0 bridgehead atoms. The van der Waals surface area contributed by atoms with Crippen molar-refractivity contribution in [3.05, 3.63) is 24.3 Å². The molecule has 0 aliphatic rings. The van der Waals surface area contributed by atoms with Gasteiger partial charge in [0.15, 0.2) is 14.0 Å². The van der Waals surface area contributed by atoms with Crippen molar-refractivity contribution < 1.29 is 14.3 Å². The van der Waals surface area contributed by atoms with Gasteiger partial charge in [0.05, 0.1) is 6.54 Å². The molecule has 0 aliphatic carbocycles. The molecule has 0 atom stereocenters. The van der Waals surface area contributed by atoms with Crippen molar-refractivity contribution in [3.63, 3.8) is 0 Å². The van der Waals surface area contributed by atoms with Crippen LogP contribution in [0.3, 0.4) is 0 Å². The molecule has 5 heteroatoms. The van der Waals surface area contributed by atoms with Crippen LogP contribution < -0.4 is 0 Å². The van der Waals surface area contributed by atoms with Gasteiger partial charge in [0.2, 0.25) is 0 Å². The number of ketones is 1. The number of rotatable bonds is 5. The van der Waals surface area contributed by atoms with Gasteiger partial charge in [-0.15, -0.1) is 0 Å². The molecule has 1 amide bonds. The Bertz CT molecular complexity index is 400. The van der Waals surface area contributed by atoms with Crippen LogP contribution in [-0.2, 0) is 9.53 Å². The highest BCUT2D eigenvalue weighted by Crippen LogP contribution is 2.16. The Hall–Kier alpha value is -1.36. The maximum absolute atomic E-state index is 12.2. The van der Waals surface area contributed by atoms with Crippen molar-refractivity contribution in [2.75, 3.05) is 6.54 Å². The van der Waals surface area contributed by atoms with Crippen molar-refractivity contribution in [3.8, 4) is 0 Å². The third kappa shape index (κ3) is 7.94. The van der Waals surface area contributed by atoms with Gasteiger partial charge in [-0.3, -0.25) is 4.79 Å². The maximum Gasteiger partial charge on any atom is 0.402 e. The minimum Gasteiger partial charge on any atom is -0.444 e. The normalized spacial score (nSPS) is 12.9. The first-order chi connectivity index (χ1) is 8.97. The Morgan fingerprint density at radius 1 is 1.15 bits per heavy atom. The van der Waals surface area contributed by atoms with E-state index in [2.05, 4.69) is 0 Å². The second-order valence-corrected chi connectivity index (χ2v) is 11.5. The van der Waals surface area contributed by atoms with Gasteiger partial charge in [0.25, 0.3) is 0 Å². The van der Waals surface area contributed by atoms with Gasteiger partial charge in [-0.1, -0.05) is 37.9 Å². The average Bonchev–Trinajstić information content (AvgIpc) is 2.22. The molecule has 0 aromatic carbocycles. The molecule has 20 heavy (non-hydrogen) atoms. The second kappa shape index (κ2) is 7.43. The third-order valence-corrected chi connectivity index (χ3v) is 4.28. The Morgan fingerprint density at radius 2 is 1.70 bits per heavy atom. The number of hydrogen-bond donors (Lipinski definition) is 0. The summed E-state index contributed by atoms with van der Waals surface area (Å²) in [6, 6.07) is 0. The standard InChI is InChI=1S/C15H27NO3Si/c1-8-9-10-11-13(17)12-16(20(5,6)7)14(18)19-15(2,3)4/h8-11H,12H2,1-7H3/b9-8+,11-10+. The van der Waals surface area contributed by atoms with E-state index < -0.39 is 19.9 Å². The highest BCUT2D eigenvalue weighted by Gasteiger charge is 2.33. The molecular formula is C15H27NO3Si. The van der Waals surface area contributed by atoms with Gasteiger partial charge >= 0.3 is 6.09 Å². The SMILES string of the molecule is C/C=C/C=C/C(=O)CN(C(=O)OC(C)(C)C)[Si](C)(C)C. The van der Waals surface area contributed by atoms with Crippen molar-refractivity contribution in [2.24, 2.45) is 0 Å². The predicted octanol–water partition coefficient (Wildman–Crippen LogP) is 3.76. The maximum atomic E-state index is 12.2. The van der Waals surface area contributed by atoms with E-state index in [-0.39, 0.29) is 12.3 Å². The van der Waals surface area contributed by atoms with E-state index in [1.807, 2.05) is 53.4 Å². The van der Waals surface area contributed by atoms with E-state index >= 15 is 0 Å². The van der Waals surface area contributed by atoms with Crippen molar-refractivity contribution in [1.29, 1.82) is 0 Å². The van der Waals surface area contributed by atoms with Crippen LogP contribution in [0.1, 0.15) is 27.7 Å². The Labute approximate surface area is 123 Å². The van der Waals surface area contributed by atoms with Crippen LogP contribution in [-0.4, -0.2) is 36.8 Å². The first-order valence-corrected chi connectivity index (χ1v) is 10.2. The van der Waals surface area contributed by atoms with Crippen LogP contribution in [0, 0.1) is 0 Å². The molecule has 0 saturated heterocycles. The molecule has 0 fully saturated rings. The Kier molecular flexibility index (Phi) is 6.92. The Balaban J connectivity index is 4.92. The quantitative estimate of drug-likeness (QED) is 0.441. The number of amides is 1. The number of nitrogens with zero attached hydrogens (tertiary/aromatic N) is 1. The lowest BCUT2D eigenvalue weighted by Crippen LogP contribution is -2.53. The van der Waals surface area contributed by atoms with E-state index in [4.69, 9.17) is 4.74 Å². The first kappa shape index (κ1) is 18.6. The molecule has 0 saturated carbocycles. The molecule has 0 rings (SSSR count). The molecule has 0 radical (unpaired) electrons. The van der Waals surface area contributed by atoms with Gasteiger partial charge < -0.3 is 9.30 Å². The second-order valence-electron chi connectivity index (χ2n) is 6.59. The fourth-order valence-corrected chi connectivity index (χ4v) is 2.60. The van der Waals surface area contributed by atoms with Crippen LogP contribution in [0.25, 0.3) is 0 Å². The molecule has 0 spiro atoms. The van der Waals surface area contributed by atoms with Gasteiger partial charge in [-0.2, -0.15) is 0 Å². The molecule has 0 N–H and O–H groups in total. The lowest BCUT2D eigenvalue weighted by Gasteiger charge is -2.34. The summed E-state index contributed by atoms with van der Waals surface area (Å²) >= 11 is 0. The van der Waals surface area contributed by atoms with Gasteiger partial charge in [0, 0.05) is 0 Å². The molecule has 0 heterocycles. The fraction of sp³-hybridized carbons (Fsp3) is 0.600. The topological polar surface area (TPSA) is 46.6 Å². The van der Waals surface area contributed by atoms with Crippen LogP contribution >= 0.6 is 0 Å². The highest BCUT2D eigenvalue weighted by molar-refractivity contribution is 6.75. The zero-order chi connectivity index (χ0) is 16.0. The molecule has 0 aliphatic heterocycles. The summed E-state index contributed by atoms with van der Waals surface area (Å²) in [5.74, 6) is -0.101. The van der Waals surface area contributed by atoms with E-state index in [9.17, 15) is 9.59 Å². The lowest BCUT2D eigenvalue weighted by molar-refractivity contribution is -0.115. The Morgan fingerprint density at radius 3 is 2.10 bits per heavy atom. The minimum atomic E-state index is -1.97. The molecule has 0 aromatic heterocycles. The van der Waals surface area contributed by atoms with E-state index in [1.165, 1.54) is 6.08 Å².